The SMILES string of the molecule is CC(C)NC(=O)c1ccc(Cl)c(NS(=O)(=O)c2ccc(F)c3ncccc23)c1. The van der Waals surface area contributed by atoms with E-state index in [1.54, 1.807) is 0 Å². The van der Waals surface area contributed by atoms with E-state index in [9.17, 15) is 17.6 Å². The monoisotopic (exact) mass is 421 g/mol. The number of fused-ring (bicyclic) bond motifs is 1. The Kier molecular flexibility index (Phi) is 5.53. The molecule has 0 atom stereocenters. The molecule has 2 N–H and O–H groups in total. The molecule has 0 fully saturated rings. The van der Waals surface area contributed by atoms with Crippen molar-refractivity contribution in [2.24, 2.45) is 0 Å². The van der Waals surface area contributed by atoms with E-state index in [0.717, 1.165) is 12.1 Å². The molecule has 0 radical (unpaired) electrons. The number of nitrogens with zero attached hydrogens (tertiary/aromatic N) is 1. The van der Waals surface area contributed by atoms with Gasteiger partial charge >= 0.3 is 0 Å². The van der Waals surface area contributed by atoms with E-state index >= 15 is 0 Å². The Hall–Kier alpha value is -2.71. The van der Waals surface area contributed by atoms with Crippen molar-refractivity contribution in [2.75, 3.05) is 4.72 Å². The van der Waals surface area contributed by atoms with Crippen molar-refractivity contribution in [3.8, 4) is 0 Å². The second kappa shape index (κ2) is 7.73. The predicted molar refractivity (Wildman–Crippen MR) is 107 cm³/mol. The van der Waals surface area contributed by atoms with E-state index in [-0.39, 0.29) is 44.0 Å². The summed E-state index contributed by atoms with van der Waals surface area (Å²) >= 11 is 6.11. The number of carbonyl (C=O) groups excluding carboxylic acids is 1. The van der Waals surface area contributed by atoms with Crippen LogP contribution in [0.15, 0.2) is 53.6 Å². The van der Waals surface area contributed by atoms with Crippen LogP contribution in [0.2, 0.25) is 5.02 Å². The molecule has 146 valence electrons. The van der Waals surface area contributed by atoms with E-state index in [0.29, 0.717) is 0 Å². The van der Waals surface area contributed by atoms with Gasteiger partial charge in [0, 0.05) is 23.2 Å². The molecule has 28 heavy (non-hydrogen) atoms. The first-order valence-electron chi connectivity index (χ1n) is 8.35. The molecule has 1 heterocycles. The molecule has 0 saturated carbocycles. The molecule has 2 aromatic carbocycles. The number of hydrogen-bond donors (Lipinski definition) is 2. The number of sulfonamides is 1. The fraction of sp³-hybridized carbons (Fsp3) is 0.158. The molecule has 0 bridgehead atoms. The van der Waals surface area contributed by atoms with Crippen molar-refractivity contribution in [1.29, 1.82) is 0 Å². The standard InChI is InChI=1S/C19H17ClFN3O3S/c1-11(2)23-19(25)12-5-6-14(20)16(10-12)24-28(26,27)17-8-7-15(21)18-13(17)4-3-9-22-18/h3-11,24H,1-2H3,(H,23,25). The molecule has 9 heteroatoms. The number of halogens is 2. The molecular formula is C19H17ClFN3O3S. The van der Waals surface area contributed by atoms with E-state index in [1.165, 1.54) is 36.5 Å². The maximum absolute atomic E-state index is 13.9. The first-order chi connectivity index (χ1) is 13.2. The van der Waals surface area contributed by atoms with Gasteiger partial charge in [0.05, 0.1) is 15.6 Å². The summed E-state index contributed by atoms with van der Waals surface area (Å²) in [5, 5.41) is 2.98. The van der Waals surface area contributed by atoms with Crippen molar-refractivity contribution < 1.29 is 17.6 Å². The van der Waals surface area contributed by atoms with Crippen LogP contribution in [-0.2, 0) is 10.0 Å². The molecule has 0 spiro atoms. The smallest absolute Gasteiger partial charge is 0.262 e. The van der Waals surface area contributed by atoms with E-state index in [4.69, 9.17) is 11.6 Å². The highest BCUT2D eigenvalue weighted by Crippen LogP contribution is 2.29. The topological polar surface area (TPSA) is 88.2 Å². The molecule has 3 rings (SSSR count). The molecule has 3 aromatic rings. The third-order valence-electron chi connectivity index (χ3n) is 3.86. The van der Waals surface area contributed by atoms with Gasteiger partial charge in [0.1, 0.15) is 11.3 Å². The summed E-state index contributed by atoms with van der Waals surface area (Å²) in [4.78, 5) is 15.9. The fourth-order valence-electron chi connectivity index (χ4n) is 2.64. The first-order valence-corrected chi connectivity index (χ1v) is 10.2. The molecule has 0 aliphatic carbocycles. The lowest BCUT2D eigenvalue weighted by Gasteiger charge is -2.14. The zero-order chi connectivity index (χ0) is 20.5. The summed E-state index contributed by atoms with van der Waals surface area (Å²) in [7, 11) is -4.12. The molecular weight excluding hydrogens is 405 g/mol. The number of anilines is 1. The Labute approximate surface area is 166 Å². The second-order valence-electron chi connectivity index (χ2n) is 6.37. The van der Waals surface area contributed by atoms with Crippen molar-refractivity contribution in [1.82, 2.24) is 10.3 Å². The number of aromatic nitrogens is 1. The van der Waals surface area contributed by atoms with Crippen molar-refractivity contribution >= 4 is 44.1 Å². The van der Waals surface area contributed by atoms with Crippen LogP contribution in [-0.4, -0.2) is 25.4 Å². The minimum atomic E-state index is -4.12. The number of rotatable bonds is 5. The van der Waals surface area contributed by atoms with Crippen LogP contribution in [0.1, 0.15) is 24.2 Å². The van der Waals surface area contributed by atoms with Crippen LogP contribution in [0.5, 0.6) is 0 Å². The maximum atomic E-state index is 13.9. The Morgan fingerprint density at radius 3 is 2.64 bits per heavy atom. The van der Waals surface area contributed by atoms with E-state index in [1.807, 2.05) is 13.8 Å². The summed E-state index contributed by atoms with van der Waals surface area (Å²) in [6.45, 7) is 3.62. The predicted octanol–water partition coefficient (Wildman–Crippen LogP) is 3.97. The quantitative estimate of drug-likeness (QED) is 0.652. The van der Waals surface area contributed by atoms with Gasteiger partial charge in [-0.2, -0.15) is 0 Å². The third kappa shape index (κ3) is 4.07. The van der Waals surface area contributed by atoms with Gasteiger partial charge in [-0.3, -0.25) is 14.5 Å². The van der Waals surface area contributed by atoms with Crippen LogP contribution < -0.4 is 10.0 Å². The van der Waals surface area contributed by atoms with Crippen molar-refractivity contribution in [3.63, 3.8) is 0 Å². The van der Waals surface area contributed by atoms with E-state index in [2.05, 4.69) is 15.0 Å². The molecule has 0 saturated heterocycles. The summed E-state index contributed by atoms with van der Waals surface area (Å²) < 4.78 is 42.2. The van der Waals surface area contributed by atoms with Gasteiger partial charge in [-0.1, -0.05) is 11.6 Å². The number of pyridine rings is 1. The maximum Gasteiger partial charge on any atom is 0.262 e. The molecule has 0 aliphatic heterocycles. The van der Waals surface area contributed by atoms with Gasteiger partial charge < -0.3 is 5.32 Å². The highest BCUT2D eigenvalue weighted by Gasteiger charge is 2.21. The fourth-order valence-corrected chi connectivity index (χ4v) is 4.13. The van der Waals surface area contributed by atoms with Crippen molar-refractivity contribution in [3.05, 3.63) is 65.1 Å². The molecule has 6 nitrogen and oxygen atoms in total. The summed E-state index contributed by atoms with van der Waals surface area (Å²) in [6, 6.07) is 9.37. The number of benzene rings is 2. The van der Waals surface area contributed by atoms with Crippen LogP contribution in [0, 0.1) is 5.82 Å². The Morgan fingerprint density at radius 2 is 1.93 bits per heavy atom. The van der Waals surface area contributed by atoms with Crippen LogP contribution in [0.25, 0.3) is 10.9 Å². The lowest BCUT2D eigenvalue weighted by Crippen LogP contribution is -2.30. The minimum absolute atomic E-state index is 0.0411. The second-order valence-corrected chi connectivity index (χ2v) is 8.43. The van der Waals surface area contributed by atoms with Gasteiger partial charge in [0.25, 0.3) is 15.9 Å². The van der Waals surface area contributed by atoms with Gasteiger partial charge in [-0.25, -0.2) is 12.8 Å². The van der Waals surface area contributed by atoms with Crippen LogP contribution in [0.3, 0.4) is 0 Å². The lowest BCUT2D eigenvalue weighted by molar-refractivity contribution is 0.0943. The first kappa shape index (κ1) is 20.0. The Morgan fingerprint density at radius 1 is 1.18 bits per heavy atom. The van der Waals surface area contributed by atoms with Crippen molar-refractivity contribution in [2.45, 2.75) is 24.8 Å². The zero-order valence-corrected chi connectivity index (χ0v) is 16.6. The van der Waals surface area contributed by atoms with Crippen LogP contribution >= 0.6 is 11.6 Å². The summed E-state index contributed by atoms with van der Waals surface area (Å²) in [5.74, 6) is -0.983. The highest BCUT2D eigenvalue weighted by molar-refractivity contribution is 7.93. The number of hydrogen-bond acceptors (Lipinski definition) is 4. The van der Waals surface area contributed by atoms with Gasteiger partial charge in [-0.05, 0) is 56.3 Å². The summed E-state index contributed by atoms with van der Waals surface area (Å²) in [6.07, 6.45) is 1.38. The molecule has 0 unspecified atom stereocenters. The highest BCUT2D eigenvalue weighted by atomic mass is 35.5. The number of carbonyl (C=O) groups is 1. The Balaban J connectivity index is 2.02. The Bertz CT molecular complexity index is 1170. The summed E-state index contributed by atoms with van der Waals surface area (Å²) in [5.41, 5.74) is 0.238. The normalized spacial score (nSPS) is 11.6. The number of nitrogens with one attached hydrogen (secondary N) is 2. The van der Waals surface area contributed by atoms with E-state index < -0.39 is 15.8 Å². The largest absolute Gasteiger partial charge is 0.350 e. The van der Waals surface area contributed by atoms with Gasteiger partial charge in [0.2, 0.25) is 0 Å². The zero-order valence-electron chi connectivity index (χ0n) is 15.0. The van der Waals surface area contributed by atoms with Gasteiger partial charge in [0.15, 0.2) is 0 Å². The molecule has 0 aliphatic rings. The third-order valence-corrected chi connectivity index (χ3v) is 5.62. The van der Waals surface area contributed by atoms with Crippen LogP contribution in [0.4, 0.5) is 10.1 Å². The minimum Gasteiger partial charge on any atom is -0.350 e. The average molecular weight is 422 g/mol. The number of amides is 1. The lowest BCUT2D eigenvalue weighted by atomic mass is 10.2. The average Bonchev–Trinajstić information content (AvgIpc) is 2.63. The van der Waals surface area contributed by atoms with Gasteiger partial charge in [-0.15, -0.1) is 0 Å². The molecule has 1 aromatic heterocycles. The molecule has 1 amide bonds.